The zero-order valence-corrected chi connectivity index (χ0v) is 18.7. The summed E-state index contributed by atoms with van der Waals surface area (Å²) in [5, 5.41) is 11.3. The lowest BCUT2D eigenvalue weighted by Gasteiger charge is -2.35. The summed E-state index contributed by atoms with van der Waals surface area (Å²) in [7, 11) is 0. The van der Waals surface area contributed by atoms with Crippen molar-refractivity contribution in [3.63, 3.8) is 0 Å². The molecule has 3 aliphatic heterocycles. The van der Waals surface area contributed by atoms with Crippen LogP contribution in [0, 0.1) is 27.8 Å². The number of benzene rings is 3. The molecule has 2 fully saturated rings. The molecule has 0 bridgehead atoms. The molecule has 6 rings (SSSR count). The second-order valence-corrected chi connectivity index (χ2v) is 9.00. The predicted octanol–water partition coefficient (Wildman–Crippen LogP) is 4.13. The monoisotopic (exact) mass is 483 g/mol. The second kappa shape index (κ2) is 7.94. The maximum absolute atomic E-state index is 14.0. The molecule has 3 aromatic carbocycles. The highest BCUT2D eigenvalue weighted by atomic mass is 19.1. The van der Waals surface area contributed by atoms with Gasteiger partial charge in [-0.1, -0.05) is 42.5 Å². The number of amides is 2. The van der Waals surface area contributed by atoms with Crippen molar-refractivity contribution < 1.29 is 23.7 Å². The molecule has 0 aliphatic carbocycles. The van der Waals surface area contributed by atoms with Crippen molar-refractivity contribution in [1.29, 1.82) is 0 Å². The number of anilines is 1. The second-order valence-electron chi connectivity index (χ2n) is 9.00. The normalized spacial score (nSPS) is 23.9. The summed E-state index contributed by atoms with van der Waals surface area (Å²) in [6, 6.07) is 16.3. The third-order valence-corrected chi connectivity index (χ3v) is 7.14. The molecule has 3 aromatic rings. The van der Waals surface area contributed by atoms with E-state index in [4.69, 9.17) is 0 Å². The van der Waals surface area contributed by atoms with Crippen LogP contribution in [0.3, 0.4) is 0 Å². The van der Waals surface area contributed by atoms with Crippen molar-refractivity contribution in [2.24, 2.45) is 11.8 Å². The predicted molar refractivity (Wildman–Crippen MR) is 127 cm³/mol. The van der Waals surface area contributed by atoms with E-state index in [1.807, 2.05) is 30.3 Å². The van der Waals surface area contributed by atoms with Crippen LogP contribution in [0.2, 0.25) is 0 Å². The lowest BCUT2D eigenvalue weighted by atomic mass is 9.83. The molecule has 178 valence electrons. The maximum Gasteiger partial charge on any atom is 0.270 e. The van der Waals surface area contributed by atoms with E-state index in [9.17, 15) is 28.9 Å². The Morgan fingerprint density at radius 3 is 2.44 bits per heavy atom. The van der Waals surface area contributed by atoms with E-state index in [1.54, 1.807) is 11.1 Å². The van der Waals surface area contributed by atoms with E-state index in [1.165, 1.54) is 42.5 Å². The number of ketones is 1. The Bertz CT molecular complexity index is 1500. The fraction of sp³-hybridized carbons (Fsp3) is 0.148. The average Bonchev–Trinajstić information content (AvgIpc) is 3.36. The van der Waals surface area contributed by atoms with E-state index in [2.05, 4.69) is 0 Å². The van der Waals surface area contributed by atoms with Crippen LogP contribution in [0.4, 0.5) is 15.8 Å². The van der Waals surface area contributed by atoms with Crippen LogP contribution in [0.25, 0.3) is 6.08 Å². The first kappa shape index (κ1) is 21.8. The smallest absolute Gasteiger partial charge is 0.270 e. The maximum atomic E-state index is 14.0. The number of carbonyl (C=O) groups excluding carboxylic acids is 3. The average molecular weight is 483 g/mol. The van der Waals surface area contributed by atoms with Gasteiger partial charge in [0.05, 0.1) is 28.5 Å². The van der Waals surface area contributed by atoms with Crippen molar-refractivity contribution in [1.82, 2.24) is 4.90 Å². The minimum Gasteiger partial charge on any atom is -0.358 e. The van der Waals surface area contributed by atoms with Crippen LogP contribution in [0.15, 0.2) is 79.0 Å². The molecule has 9 heteroatoms. The Kier molecular flexibility index (Phi) is 4.82. The molecule has 0 saturated carbocycles. The largest absolute Gasteiger partial charge is 0.358 e. The van der Waals surface area contributed by atoms with Crippen LogP contribution in [0.1, 0.15) is 27.5 Å². The number of carbonyl (C=O) groups is 3. The van der Waals surface area contributed by atoms with Crippen LogP contribution in [-0.4, -0.2) is 33.5 Å². The van der Waals surface area contributed by atoms with Crippen LogP contribution < -0.4 is 4.90 Å². The van der Waals surface area contributed by atoms with Gasteiger partial charge in [0.2, 0.25) is 11.8 Å². The molecule has 2 saturated heterocycles. The van der Waals surface area contributed by atoms with Gasteiger partial charge in [-0.25, -0.2) is 9.29 Å². The Morgan fingerprint density at radius 2 is 1.67 bits per heavy atom. The van der Waals surface area contributed by atoms with Crippen molar-refractivity contribution in [2.45, 2.75) is 12.1 Å². The van der Waals surface area contributed by atoms with Crippen LogP contribution in [-0.2, 0) is 9.59 Å². The first-order valence-electron chi connectivity index (χ1n) is 11.3. The number of halogens is 1. The number of rotatable bonds is 4. The lowest BCUT2D eigenvalue weighted by molar-refractivity contribution is -0.384. The van der Waals surface area contributed by atoms with Gasteiger partial charge in [-0.3, -0.25) is 24.5 Å². The lowest BCUT2D eigenvalue weighted by Crippen LogP contribution is -2.44. The quantitative estimate of drug-likeness (QED) is 0.239. The number of nitro benzene ring substituents is 1. The highest BCUT2D eigenvalue weighted by Crippen LogP contribution is 2.53. The summed E-state index contributed by atoms with van der Waals surface area (Å²) in [6.07, 6.45) is 3.53. The summed E-state index contributed by atoms with van der Waals surface area (Å²) in [5.41, 5.74) is 1.59. The topological polar surface area (TPSA) is 101 Å². The van der Waals surface area contributed by atoms with Crippen LogP contribution in [0.5, 0.6) is 0 Å². The summed E-state index contributed by atoms with van der Waals surface area (Å²) < 4.78 is 14.0. The Morgan fingerprint density at radius 1 is 0.917 bits per heavy atom. The van der Waals surface area contributed by atoms with Gasteiger partial charge in [0.1, 0.15) is 11.9 Å². The summed E-state index contributed by atoms with van der Waals surface area (Å²) in [4.78, 5) is 54.7. The highest BCUT2D eigenvalue weighted by molar-refractivity contribution is 6.24. The Hall–Kier alpha value is -4.66. The minimum atomic E-state index is -1.07. The highest BCUT2D eigenvalue weighted by Gasteiger charge is 2.64. The number of hydrogen-bond donors (Lipinski definition) is 0. The standard InChI is InChI=1S/C27H18FN3O5/c28-17-7-4-8-18(14-17)30-26(33)21-22(27(30)34)24(25(32)16-6-3-9-19(13-16)31(35)36)29-12-11-15-5-1-2-10-20(15)23(21)29/h1-14,21-24H/t21-,22+,23+,24-/m0/s1. The van der Waals surface area contributed by atoms with Gasteiger partial charge in [-0.2, -0.15) is 0 Å². The minimum absolute atomic E-state index is 0.0744. The van der Waals surface area contributed by atoms with E-state index >= 15 is 0 Å². The number of nitrogens with zero attached hydrogens (tertiary/aromatic N) is 3. The molecular formula is C27H18FN3O5. The van der Waals surface area contributed by atoms with Gasteiger partial charge in [0.25, 0.3) is 5.69 Å². The molecular weight excluding hydrogens is 465 g/mol. The van der Waals surface area contributed by atoms with E-state index in [0.29, 0.717) is 0 Å². The molecule has 0 radical (unpaired) electrons. The SMILES string of the molecule is O=C(c1cccc([N+](=O)[O-])c1)[C@@H]1[C@@H]2C(=O)N(c3cccc(F)c3)C(=O)[C@@H]2[C@H]2c3ccccc3C=CN12. The summed E-state index contributed by atoms with van der Waals surface area (Å²) >= 11 is 0. The van der Waals surface area contributed by atoms with Gasteiger partial charge in [0.15, 0.2) is 5.78 Å². The van der Waals surface area contributed by atoms with Gasteiger partial charge >= 0.3 is 0 Å². The van der Waals surface area contributed by atoms with Crippen molar-refractivity contribution >= 4 is 35.0 Å². The summed E-state index contributed by atoms with van der Waals surface area (Å²) in [5.74, 6) is -4.14. The van der Waals surface area contributed by atoms with Crippen LogP contribution >= 0.6 is 0 Å². The first-order chi connectivity index (χ1) is 17.4. The van der Waals surface area contributed by atoms with E-state index in [0.717, 1.165) is 22.1 Å². The van der Waals surface area contributed by atoms with E-state index < -0.39 is 52.3 Å². The third-order valence-electron chi connectivity index (χ3n) is 7.14. The summed E-state index contributed by atoms with van der Waals surface area (Å²) in [6.45, 7) is 0. The molecule has 0 aromatic heterocycles. The molecule has 0 unspecified atom stereocenters. The number of fused-ring (bicyclic) bond motifs is 5. The van der Waals surface area contributed by atoms with Gasteiger partial charge in [-0.15, -0.1) is 0 Å². The van der Waals surface area contributed by atoms with Gasteiger partial charge < -0.3 is 4.90 Å². The number of Topliss-reactive ketones (excluding diaryl/α,β-unsaturated/α-hetero) is 1. The number of hydrogen-bond acceptors (Lipinski definition) is 6. The van der Waals surface area contributed by atoms with Crippen molar-refractivity contribution in [2.75, 3.05) is 4.90 Å². The van der Waals surface area contributed by atoms with Gasteiger partial charge in [-0.05, 0) is 35.4 Å². The fourth-order valence-electron chi connectivity index (χ4n) is 5.67. The van der Waals surface area contributed by atoms with Crippen molar-refractivity contribution in [3.8, 4) is 0 Å². The number of nitro groups is 1. The van der Waals surface area contributed by atoms with Crippen molar-refractivity contribution in [3.05, 3.63) is 112 Å². The molecule has 8 nitrogen and oxygen atoms in total. The molecule has 0 N–H and O–H groups in total. The molecule has 3 heterocycles. The third kappa shape index (κ3) is 3.09. The zero-order chi connectivity index (χ0) is 25.1. The number of non-ortho nitro benzene ring substituents is 1. The Labute approximate surface area is 204 Å². The van der Waals surface area contributed by atoms with E-state index in [-0.39, 0.29) is 16.9 Å². The fourth-order valence-corrected chi connectivity index (χ4v) is 5.67. The molecule has 0 spiro atoms. The first-order valence-corrected chi connectivity index (χ1v) is 11.3. The molecule has 2 amide bonds. The molecule has 36 heavy (non-hydrogen) atoms. The van der Waals surface area contributed by atoms with Gasteiger partial charge in [0, 0.05) is 23.9 Å². The Balaban J connectivity index is 1.50. The molecule has 4 atom stereocenters. The zero-order valence-electron chi connectivity index (χ0n) is 18.7. The number of imide groups is 1. The molecule has 3 aliphatic rings.